The maximum Gasteiger partial charge on any atom is 0.466 e. The molecular weight excluding hydrogens is 352 g/mol. The summed E-state index contributed by atoms with van der Waals surface area (Å²) in [6.07, 6.45) is -2.61. The highest BCUT2D eigenvalue weighted by molar-refractivity contribution is 7.45. The normalized spacial score (nSPS) is 27.1. The molecule has 1 aliphatic rings. The lowest BCUT2D eigenvalue weighted by Crippen LogP contribution is -2.30. The van der Waals surface area contributed by atoms with Crippen molar-refractivity contribution in [3.05, 3.63) is 12.7 Å². The predicted molar refractivity (Wildman–Crippen MR) is 75.9 cm³/mol. The number of fused-ring (bicyclic) bond motifs is 1. The highest BCUT2D eigenvalue weighted by atomic mass is 31.2. The zero-order valence-electron chi connectivity index (χ0n) is 11.9. The Kier molecular flexibility index (Phi) is 5.45. The average molecular weight is 367 g/mol. The second-order valence-corrected chi connectivity index (χ2v) is 5.81. The molecule has 7 N–H and O–H groups in total. The van der Waals surface area contributed by atoms with Crippen LogP contribution in [0.2, 0.25) is 0 Å². The zero-order chi connectivity index (χ0) is 18.1. The van der Waals surface area contributed by atoms with Gasteiger partial charge in [-0.15, -0.1) is 0 Å². The smallest absolute Gasteiger partial charge is 0.394 e. The third-order valence-corrected chi connectivity index (χ3v) is 3.13. The number of nitrogens with two attached hydrogens (primary N) is 1. The summed E-state index contributed by atoms with van der Waals surface area (Å²) in [7, 11) is -4.64. The van der Waals surface area contributed by atoms with Gasteiger partial charge in [0.05, 0.1) is 12.9 Å². The largest absolute Gasteiger partial charge is 0.466 e. The van der Waals surface area contributed by atoms with Crippen LogP contribution < -0.4 is 5.73 Å². The Morgan fingerprint density at radius 3 is 2.50 bits per heavy atom. The van der Waals surface area contributed by atoms with Crippen LogP contribution in [-0.2, 0) is 9.30 Å². The van der Waals surface area contributed by atoms with Crippen molar-refractivity contribution in [1.82, 2.24) is 19.5 Å². The van der Waals surface area contributed by atoms with E-state index in [1.54, 1.807) is 0 Å². The number of nitrogen functional groups attached to an aromatic ring is 1. The summed E-state index contributed by atoms with van der Waals surface area (Å²) >= 11 is 0. The molecule has 0 amide bonds. The standard InChI is InChI=1S/C10H12FN5O3.H3O4P/c11-5-7(18)4(1-17)19-10(5)16-3-15-6-8(12)13-2-14-9(6)16;1-5(2,3)4/h2-5,7,10,17-18H,1H2,(H2,12,13,14);(H3,1,2,3,4)/t4-,5-,7-,10-;/m1./s1. The molecule has 1 fully saturated rings. The zero-order valence-corrected chi connectivity index (χ0v) is 12.8. The molecule has 0 unspecified atom stereocenters. The number of aromatic nitrogens is 4. The van der Waals surface area contributed by atoms with Crippen molar-refractivity contribution in [2.24, 2.45) is 0 Å². The summed E-state index contributed by atoms with van der Waals surface area (Å²) in [5.74, 6) is 0.177. The van der Waals surface area contributed by atoms with Crippen molar-refractivity contribution < 1.29 is 38.6 Å². The molecule has 0 radical (unpaired) electrons. The number of hydrogen-bond donors (Lipinski definition) is 6. The molecule has 14 heteroatoms. The number of nitrogens with zero attached hydrogens (tertiary/aromatic N) is 4. The highest BCUT2D eigenvalue weighted by Crippen LogP contribution is 2.33. The summed E-state index contributed by atoms with van der Waals surface area (Å²) in [5.41, 5.74) is 6.28. The fourth-order valence-corrected chi connectivity index (χ4v) is 2.13. The molecule has 0 saturated carbocycles. The van der Waals surface area contributed by atoms with E-state index in [0.717, 1.165) is 0 Å². The first-order valence-electron chi connectivity index (χ1n) is 6.43. The van der Waals surface area contributed by atoms with E-state index in [4.69, 9.17) is 34.8 Å². The molecule has 2 aromatic rings. The van der Waals surface area contributed by atoms with Crippen LogP contribution in [-0.4, -0.2) is 69.4 Å². The molecule has 0 aromatic carbocycles. The second-order valence-electron chi connectivity index (χ2n) is 4.78. The summed E-state index contributed by atoms with van der Waals surface area (Å²) in [6.45, 7) is -0.470. The van der Waals surface area contributed by atoms with Crippen LogP contribution in [0.5, 0.6) is 0 Å². The first-order chi connectivity index (χ1) is 11.1. The quantitative estimate of drug-likeness (QED) is 0.323. The van der Waals surface area contributed by atoms with Gasteiger partial charge in [0.2, 0.25) is 0 Å². The Morgan fingerprint density at radius 1 is 1.33 bits per heavy atom. The lowest BCUT2D eigenvalue weighted by molar-refractivity contribution is -0.0459. The molecule has 0 bridgehead atoms. The summed E-state index contributed by atoms with van der Waals surface area (Å²) in [4.78, 5) is 33.3. The molecule has 4 atom stereocenters. The van der Waals surface area contributed by atoms with Gasteiger partial charge in [0, 0.05) is 0 Å². The van der Waals surface area contributed by atoms with Crippen LogP contribution in [0.25, 0.3) is 11.2 Å². The average Bonchev–Trinajstić information content (AvgIpc) is 3.01. The third-order valence-electron chi connectivity index (χ3n) is 3.13. The number of alkyl halides is 1. The number of halogens is 1. The van der Waals surface area contributed by atoms with Crippen molar-refractivity contribution in [2.45, 2.75) is 24.6 Å². The Labute approximate surface area is 133 Å². The number of hydrogen-bond acceptors (Lipinski definition) is 8. The number of phosphoric acid groups is 1. The summed E-state index contributed by atoms with van der Waals surface area (Å²) < 4.78 is 29.5. The molecule has 3 rings (SSSR count). The molecule has 0 aliphatic carbocycles. The third kappa shape index (κ3) is 4.02. The number of aliphatic hydroxyl groups excluding tert-OH is 2. The van der Waals surface area contributed by atoms with Gasteiger partial charge in [-0.25, -0.2) is 23.9 Å². The van der Waals surface area contributed by atoms with Gasteiger partial charge in [-0.1, -0.05) is 0 Å². The predicted octanol–water partition coefficient (Wildman–Crippen LogP) is -1.93. The van der Waals surface area contributed by atoms with Gasteiger partial charge < -0.3 is 35.4 Å². The van der Waals surface area contributed by atoms with E-state index >= 15 is 0 Å². The number of anilines is 1. The Hall–Kier alpha value is -1.73. The van der Waals surface area contributed by atoms with E-state index < -0.39 is 39.0 Å². The van der Waals surface area contributed by atoms with Crippen LogP contribution in [0.4, 0.5) is 10.2 Å². The van der Waals surface area contributed by atoms with E-state index in [0.29, 0.717) is 11.2 Å². The van der Waals surface area contributed by atoms with Crippen molar-refractivity contribution in [1.29, 1.82) is 0 Å². The fraction of sp³-hybridized carbons (Fsp3) is 0.500. The number of imidazole rings is 1. The number of aliphatic hydroxyl groups is 2. The van der Waals surface area contributed by atoms with E-state index in [9.17, 15) is 9.50 Å². The molecular formula is C10H15FN5O7P. The van der Waals surface area contributed by atoms with Crippen LogP contribution >= 0.6 is 7.82 Å². The van der Waals surface area contributed by atoms with Crippen LogP contribution in [0, 0.1) is 0 Å². The molecule has 1 aliphatic heterocycles. The van der Waals surface area contributed by atoms with Crippen molar-refractivity contribution >= 4 is 24.8 Å². The van der Waals surface area contributed by atoms with E-state index in [1.807, 2.05) is 0 Å². The van der Waals surface area contributed by atoms with Crippen molar-refractivity contribution in [2.75, 3.05) is 12.3 Å². The second kappa shape index (κ2) is 7.03. The highest BCUT2D eigenvalue weighted by Gasteiger charge is 2.45. The van der Waals surface area contributed by atoms with Crippen molar-refractivity contribution in [3.8, 4) is 0 Å². The summed E-state index contributed by atoms with van der Waals surface area (Å²) in [6, 6.07) is 0. The van der Waals surface area contributed by atoms with Gasteiger partial charge in [0.25, 0.3) is 0 Å². The van der Waals surface area contributed by atoms with Gasteiger partial charge in [-0.3, -0.25) is 4.57 Å². The molecule has 2 aromatic heterocycles. The molecule has 1 saturated heterocycles. The van der Waals surface area contributed by atoms with Gasteiger partial charge in [0.15, 0.2) is 23.9 Å². The van der Waals surface area contributed by atoms with Crippen LogP contribution in [0.15, 0.2) is 12.7 Å². The number of ether oxygens (including phenoxy) is 1. The number of rotatable bonds is 2. The topological polar surface area (TPSA) is 197 Å². The van der Waals surface area contributed by atoms with Gasteiger partial charge in [0.1, 0.15) is 24.1 Å². The first kappa shape index (κ1) is 18.6. The molecule has 3 heterocycles. The minimum atomic E-state index is -4.64. The first-order valence-corrected chi connectivity index (χ1v) is 7.99. The molecule has 12 nitrogen and oxygen atoms in total. The van der Waals surface area contributed by atoms with Crippen molar-refractivity contribution in [3.63, 3.8) is 0 Å². The van der Waals surface area contributed by atoms with E-state index in [-0.39, 0.29) is 5.82 Å². The van der Waals surface area contributed by atoms with Crippen LogP contribution in [0.3, 0.4) is 0 Å². The molecule has 134 valence electrons. The van der Waals surface area contributed by atoms with Crippen LogP contribution in [0.1, 0.15) is 6.23 Å². The molecule has 24 heavy (non-hydrogen) atoms. The SMILES string of the molecule is Nc1ncnc2c1ncn2[C@@H]1O[C@H](CO)[C@@H](O)[C@H]1F.O=P(O)(O)O. The maximum absolute atomic E-state index is 14.0. The monoisotopic (exact) mass is 367 g/mol. The van der Waals surface area contributed by atoms with Gasteiger partial charge in [-0.2, -0.15) is 0 Å². The lowest BCUT2D eigenvalue weighted by Gasteiger charge is -2.14. The minimum absolute atomic E-state index is 0.177. The summed E-state index contributed by atoms with van der Waals surface area (Å²) in [5, 5.41) is 18.6. The molecule has 0 spiro atoms. The Balaban J connectivity index is 0.000000368. The minimum Gasteiger partial charge on any atom is -0.394 e. The fourth-order valence-electron chi connectivity index (χ4n) is 2.13. The van der Waals surface area contributed by atoms with Gasteiger partial charge >= 0.3 is 7.82 Å². The van der Waals surface area contributed by atoms with E-state index in [2.05, 4.69) is 15.0 Å². The lowest BCUT2D eigenvalue weighted by atomic mass is 10.1. The van der Waals surface area contributed by atoms with E-state index in [1.165, 1.54) is 17.2 Å². The Bertz CT molecular complexity index is 746. The van der Waals surface area contributed by atoms with Gasteiger partial charge in [-0.05, 0) is 0 Å². The maximum atomic E-state index is 14.0. The Morgan fingerprint density at radius 2 is 1.96 bits per heavy atom.